The van der Waals surface area contributed by atoms with Crippen molar-refractivity contribution in [2.24, 2.45) is 0 Å². The number of likely N-dealkylation sites (tertiary alicyclic amines) is 1. The molecule has 0 radical (unpaired) electrons. The Balaban J connectivity index is 2.16. The van der Waals surface area contributed by atoms with Crippen LogP contribution in [0.2, 0.25) is 0 Å². The fourth-order valence-electron chi connectivity index (χ4n) is 3.66. The molecular formula is C23H25NO5. The molecule has 1 heterocycles. The number of aliphatic hydroxyl groups is 1. The van der Waals surface area contributed by atoms with Crippen LogP contribution < -0.4 is 4.74 Å². The van der Waals surface area contributed by atoms with Crippen LogP contribution >= 0.6 is 0 Å². The maximum Gasteiger partial charge on any atom is 0.295 e. The summed E-state index contributed by atoms with van der Waals surface area (Å²) < 4.78 is 5.53. The Labute approximate surface area is 170 Å². The van der Waals surface area contributed by atoms with E-state index in [1.54, 1.807) is 30.3 Å². The van der Waals surface area contributed by atoms with Crippen molar-refractivity contribution in [2.45, 2.75) is 33.2 Å². The number of Topliss-reactive ketones (excluding diaryl/α,β-unsaturated/α-hetero) is 1. The molecule has 6 heteroatoms. The molecule has 1 amide bonds. The highest BCUT2D eigenvalue weighted by Gasteiger charge is 2.45. The van der Waals surface area contributed by atoms with Crippen molar-refractivity contribution in [3.05, 3.63) is 64.7 Å². The number of aliphatic hydroxyl groups excluding tert-OH is 1. The van der Waals surface area contributed by atoms with Gasteiger partial charge in [0.1, 0.15) is 17.3 Å². The maximum atomic E-state index is 12.8. The first-order valence-corrected chi connectivity index (χ1v) is 9.70. The minimum absolute atomic E-state index is 0.0256. The molecule has 1 unspecified atom stereocenters. The number of ether oxygens (including phenoxy) is 1. The highest BCUT2D eigenvalue weighted by molar-refractivity contribution is 6.46. The van der Waals surface area contributed by atoms with Crippen LogP contribution in [0.15, 0.2) is 48.0 Å². The molecule has 1 aliphatic heterocycles. The zero-order chi connectivity index (χ0) is 21.1. The van der Waals surface area contributed by atoms with Crippen molar-refractivity contribution in [3.63, 3.8) is 0 Å². The lowest BCUT2D eigenvalue weighted by Crippen LogP contribution is -2.30. The van der Waals surface area contributed by atoms with E-state index in [0.29, 0.717) is 36.4 Å². The van der Waals surface area contributed by atoms with Gasteiger partial charge in [-0.1, -0.05) is 19.1 Å². The predicted octanol–water partition coefficient (Wildman–Crippen LogP) is 3.93. The fourth-order valence-corrected chi connectivity index (χ4v) is 3.66. The van der Waals surface area contributed by atoms with Gasteiger partial charge in [-0.2, -0.15) is 0 Å². The molecule has 1 atom stereocenters. The number of hydrogen-bond acceptors (Lipinski definition) is 5. The molecule has 29 heavy (non-hydrogen) atoms. The average Bonchev–Trinajstić information content (AvgIpc) is 2.94. The Bertz CT molecular complexity index is 979. The second kappa shape index (κ2) is 8.39. The third-order valence-electron chi connectivity index (χ3n) is 4.94. The Hall–Kier alpha value is -3.28. The van der Waals surface area contributed by atoms with Crippen LogP contribution in [-0.4, -0.2) is 40.0 Å². The van der Waals surface area contributed by atoms with Gasteiger partial charge in [-0.05, 0) is 61.7 Å². The van der Waals surface area contributed by atoms with Gasteiger partial charge in [0.05, 0.1) is 18.2 Å². The third kappa shape index (κ3) is 3.83. The standard InChI is InChI=1S/C23H25NO5/c1-4-11-24-20(15-7-6-8-17(25)13-15)19(22(27)23(24)28)21(26)16-9-10-18(29-5-2)14(3)12-16/h6-10,12-13,20,25-26H,4-5,11H2,1-3H3/b21-19-. The van der Waals surface area contributed by atoms with E-state index in [4.69, 9.17) is 4.74 Å². The van der Waals surface area contributed by atoms with Gasteiger partial charge in [0.25, 0.3) is 11.7 Å². The molecular weight excluding hydrogens is 370 g/mol. The van der Waals surface area contributed by atoms with Gasteiger partial charge in [-0.25, -0.2) is 0 Å². The number of phenolic OH excluding ortho intramolecular Hbond substituents is 1. The number of amides is 1. The largest absolute Gasteiger partial charge is 0.508 e. The molecule has 0 saturated carbocycles. The number of aryl methyl sites for hydroxylation is 1. The number of phenols is 1. The summed E-state index contributed by atoms with van der Waals surface area (Å²) in [5.41, 5.74) is 1.85. The fraction of sp³-hybridized carbons (Fsp3) is 0.304. The molecule has 1 fully saturated rings. The smallest absolute Gasteiger partial charge is 0.295 e. The van der Waals surface area contributed by atoms with Crippen molar-refractivity contribution in [3.8, 4) is 11.5 Å². The van der Waals surface area contributed by atoms with E-state index in [2.05, 4.69) is 0 Å². The molecule has 1 saturated heterocycles. The van der Waals surface area contributed by atoms with E-state index in [1.807, 2.05) is 20.8 Å². The first kappa shape index (κ1) is 20.5. The molecule has 2 aromatic carbocycles. The second-order valence-corrected chi connectivity index (χ2v) is 7.00. The summed E-state index contributed by atoms with van der Waals surface area (Å²) in [6.45, 7) is 6.53. The lowest BCUT2D eigenvalue weighted by molar-refractivity contribution is -0.139. The van der Waals surface area contributed by atoms with Crippen LogP contribution in [0.5, 0.6) is 11.5 Å². The Morgan fingerprint density at radius 3 is 2.52 bits per heavy atom. The number of carbonyl (C=O) groups excluding carboxylic acids is 2. The van der Waals surface area contributed by atoms with Crippen molar-refractivity contribution in [1.82, 2.24) is 4.90 Å². The van der Waals surface area contributed by atoms with Gasteiger partial charge in [0.15, 0.2) is 0 Å². The molecule has 2 aromatic rings. The molecule has 6 nitrogen and oxygen atoms in total. The number of ketones is 1. The summed E-state index contributed by atoms with van der Waals surface area (Å²) in [5.74, 6) is -0.886. The third-order valence-corrected chi connectivity index (χ3v) is 4.94. The normalized spacial score (nSPS) is 18.3. The van der Waals surface area contributed by atoms with Gasteiger partial charge >= 0.3 is 0 Å². The van der Waals surface area contributed by atoms with Gasteiger partial charge in [-0.3, -0.25) is 9.59 Å². The van der Waals surface area contributed by atoms with Crippen molar-refractivity contribution in [2.75, 3.05) is 13.2 Å². The number of hydrogen-bond donors (Lipinski definition) is 2. The summed E-state index contributed by atoms with van der Waals surface area (Å²) >= 11 is 0. The van der Waals surface area contributed by atoms with Crippen LogP contribution in [0.1, 0.15) is 43.0 Å². The Kier molecular flexibility index (Phi) is 5.92. The number of benzene rings is 2. The molecule has 2 N–H and O–H groups in total. The maximum absolute atomic E-state index is 12.8. The van der Waals surface area contributed by atoms with Gasteiger partial charge < -0.3 is 19.8 Å². The van der Waals surface area contributed by atoms with Gasteiger partial charge in [-0.15, -0.1) is 0 Å². The number of nitrogens with zero attached hydrogens (tertiary/aromatic N) is 1. The lowest BCUT2D eigenvalue weighted by Gasteiger charge is -2.25. The Morgan fingerprint density at radius 2 is 1.90 bits per heavy atom. The van der Waals surface area contributed by atoms with Gasteiger partial charge in [0, 0.05) is 12.1 Å². The molecule has 0 aromatic heterocycles. The van der Waals surface area contributed by atoms with Crippen LogP contribution in [0, 0.1) is 6.92 Å². The quantitative estimate of drug-likeness (QED) is 0.440. The number of carbonyl (C=O) groups is 2. The molecule has 1 aliphatic rings. The second-order valence-electron chi connectivity index (χ2n) is 7.00. The first-order chi connectivity index (χ1) is 13.9. The van der Waals surface area contributed by atoms with Crippen molar-refractivity contribution in [1.29, 1.82) is 0 Å². The minimum Gasteiger partial charge on any atom is -0.508 e. The van der Waals surface area contributed by atoms with Crippen molar-refractivity contribution < 1.29 is 24.5 Å². The lowest BCUT2D eigenvalue weighted by atomic mass is 9.94. The monoisotopic (exact) mass is 395 g/mol. The summed E-state index contributed by atoms with van der Waals surface area (Å²) in [6, 6.07) is 10.8. The number of rotatable bonds is 6. The average molecular weight is 395 g/mol. The highest BCUT2D eigenvalue weighted by Crippen LogP contribution is 2.40. The van der Waals surface area contributed by atoms with Crippen LogP contribution in [-0.2, 0) is 9.59 Å². The zero-order valence-corrected chi connectivity index (χ0v) is 16.8. The first-order valence-electron chi connectivity index (χ1n) is 9.70. The van der Waals surface area contributed by atoms with Crippen LogP contribution in [0.25, 0.3) is 5.76 Å². The highest BCUT2D eigenvalue weighted by atomic mass is 16.5. The van der Waals surface area contributed by atoms with Gasteiger partial charge in [0.2, 0.25) is 0 Å². The molecule has 3 rings (SSSR count). The minimum atomic E-state index is -0.756. The van der Waals surface area contributed by atoms with Crippen LogP contribution in [0.4, 0.5) is 0 Å². The zero-order valence-electron chi connectivity index (χ0n) is 16.8. The van der Waals surface area contributed by atoms with Crippen LogP contribution in [0.3, 0.4) is 0 Å². The predicted molar refractivity (Wildman–Crippen MR) is 110 cm³/mol. The summed E-state index contributed by atoms with van der Waals surface area (Å²) in [4.78, 5) is 26.9. The summed E-state index contributed by atoms with van der Waals surface area (Å²) in [7, 11) is 0. The Morgan fingerprint density at radius 1 is 1.14 bits per heavy atom. The van der Waals surface area contributed by atoms with Crippen molar-refractivity contribution >= 4 is 17.4 Å². The van der Waals surface area contributed by atoms with E-state index in [0.717, 1.165) is 5.56 Å². The van der Waals surface area contributed by atoms with E-state index >= 15 is 0 Å². The topological polar surface area (TPSA) is 87.1 Å². The number of aromatic hydroxyl groups is 1. The SMILES string of the molecule is CCCN1C(=O)C(=O)/C(=C(\O)c2ccc(OCC)c(C)c2)C1c1cccc(O)c1. The van der Waals surface area contributed by atoms with E-state index in [9.17, 15) is 19.8 Å². The molecule has 152 valence electrons. The summed E-state index contributed by atoms with van der Waals surface area (Å²) in [6.07, 6.45) is 0.657. The molecule has 0 spiro atoms. The molecule has 0 aliphatic carbocycles. The van der Waals surface area contributed by atoms with E-state index in [-0.39, 0.29) is 17.1 Å². The van der Waals surface area contributed by atoms with E-state index in [1.165, 1.54) is 17.0 Å². The summed E-state index contributed by atoms with van der Waals surface area (Å²) in [5, 5.41) is 20.9. The molecule has 0 bridgehead atoms. The van der Waals surface area contributed by atoms with E-state index < -0.39 is 17.7 Å².